The van der Waals surface area contributed by atoms with Gasteiger partial charge in [-0.3, -0.25) is 4.79 Å². The second-order valence-electron chi connectivity index (χ2n) is 5.41. The van der Waals surface area contributed by atoms with Crippen molar-refractivity contribution in [1.82, 2.24) is 5.32 Å². The van der Waals surface area contributed by atoms with Crippen molar-refractivity contribution in [1.29, 1.82) is 0 Å². The Labute approximate surface area is 92.3 Å². The molecule has 1 atom stereocenters. The fraction of sp³-hybridized carbons (Fsp3) is 0.917. The first-order chi connectivity index (χ1) is 6.94. The van der Waals surface area contributed by atoms with Crippen molar-refractivity contribution in [2.45, 2.75) is 52.0 Å². The van der Waals surface area contributed by atoms with Crippen LogP contribution in [0.25, 0.3) is 0 Å². The lowest BCUT2D eigenvalue weighted by Gasteiger charge is -2.33. The minimum atomic E-state index is -0.746. The smallest absolute Gasteiger partial charge is 0.323 e. The molecule has 0 aliphatic heterocycles. The molecule has 0 radical (unpaired) electrons. The van der Waals surface area contributed by atoms with Crippen molar-refractivity contribution < 1.29 is 9.90 Å². The molecule has 0 bridgehead atoms. The van der Waals surface area contributed by atoms with Gasteiger partial charge in [0.05, 0.1) is 0 Å². The summed E-state index contributed by atoms with van der Waals surface area (Å²) >= 11 is 0. The van der Waals surface area contributed by atoms with Gasteiger partial charge in [0.1, 0.15) is 5.54 Å². The maximum absolute atomic E-state index is 11.2. The molecule has 3 nitrogen and oxygen atoms in total. The van der Waals surface area contributed by atoms with E-state index in [1.807, 2.05) is 0 Å². The summed E-state index contributed by atoms with van der Waals surface area (Å²) in [5.74, 6) is 0.381. The number of aliphatic carboxylic acids is 1. The molecule has 1 fully saturated rings. The van der Waals surface area contributed by atoms with Crippen LogP contribution in [-0.4, -0.2) is 23.2 Å². The van der Waals surface area contributed by atoms with Crippen molar-refractivity contribution in [2.24, 2.45) is 11.8 Å². The molecule has 1 unspecified atom stereocenters. The number of hydrogen-bond donors (Lipinski definition) is 2. The van der Waals surface area contributed by atoms with E-state index in [4.69, 9.17) is 0 Å². The van der Waals surface area contributed by atoms with E-state index in [-0.39, 0.29) is 0 Å². The molecule has 1 aliphatic rings. The van der Waals surface area contributed by atoms with Crippen LogP contribution in [-0.2, 0) is 4.79 Å². The van der Waals surface area contributed by atoms with Gasteiger partial charge in [-0.05, 0) is 44.6 Å². The molecular formula is C12H23NO2. The van der Waals surface area contributed by atoms with Gasteiger partial charge in [0, 0.05) is 0 Å². The number of carboxylic acids is 1. The number of carboxylic acid groups (broad SMARTS) is 1. The molecule has 0 amide bonds. The zero-order chi connectivity index (χ0) is 11.5. The average Bonchev–Trinajstić information content (AvgIpc) is 1.99. The Morgan fingerprint density at radius 3 is 2.47 bits per heavy atom. The molecule has 88 valence electrons. The van der Waals surface area contributed by atoms with E-state index in [0.29, 0.717) is 18.3 Å². The fourth-order valence-electron chi connectivity index (χ4n) is 2.12. The van der Waals surface area contributed by atoms with Gasteiger partial charge in [-0.2, -0.15) is 0 Å². The molecular weight excluding hydrogens is 190 g/mol. The van der Waals surface area contributed by atoms with Crippen LogP contribution in [0.4, 0.5) is 0 Å². The molecule has 3 heteroatoms. The topological polar surface area (TPSA) is 49.3 Å². The van der Waals surface area contributed by atoms with Gasteiger partial charge in [0.15, 0.2) is 0 Å². The first-order valence-corrected chi connectivity index (χ1v) is 5.92. The summed E-state index contributed by atoms with van der Waals surface area (Å²) in [7, 11) is 0. The SMILES string of the molecule is CC(C)CC(C)(NCC1CCC1)C(=O)O. The fourth-order valence-corrected chi connectivity index (χ4v) is 2.12. The van der Waals surface area contributed by atoms with Crippen LogP contribution in [0.15, 0.2) is 0 Å². The summed E-state index contributed by atoms with van der Waals surface area (Å²) in [5, 5.41) is 12.5. The minimum Gasteiger partial charge on any atom is -0.480 e. The predicted molar refractivity (Wildman–Crippen MR) is 60.8 cm³/mol. The van der Waals surface area contributed by atoms with Crippen LogP contribution in [0, 0.1) is 11.8 Å². The van der Waals surface area contributed by atoms with Crippen molar-refractivity contribution in [3.8, 4) is 0 Å². The van der Waals surface area contributed by atoms with Crippen molar-refractivity contribution in [3.63, 3.8) is 0 Å². The van der Waals surface area contributed by atoms with E-state index in [1.165, 1.54) is 19.3 Å². The van der Waals surface area contributed by atoms with Crippen LogP contribution in [0.5, 0.6) is 0 Å². The zero-order valence-electron chi connectivity index (χ0n) is 10.0. The van der Waals surface area contributed by atoms with Crippen LogP contribution >= 0.6 is 0 Å². The van der Waals surface area contributed by atoms with Gasteiger partial charge >= 0.3 is 5.97 Å². The Morgan fingerprint density at radius 2 is 2.13 bits per heavy atom. The predicted octanol–water partition coefficient (Wildman–Crippen LogP) is 2.27. The highest BCUT2D eigenvalue weighted by Crippen LogP contribution is 2.26. The molecule has 0 aromatic heterocycles. The normalized spacial score (nSPS) is 21.1. The Bertz CT molecular complexity index is 224. The molecule has 15 heavy (non-hydrogen) atoms. The van der Waals surface area contributed by atoms with Gasteiger partial charge in [0.25, 0.3) is 0 Å². The highest BCUT2D eigenvalue weighted by Gasteiger charge is 2.34. The first kappa shape index (κ1) is 12.5. The van der Waals surface area contributed by atoms with Gasteiger partial charge in [-0.25, -0.2) is 0 Å². The molecule has 1 saturated carbocycles. The lowest BCUT2D eigenvalue weighted by atomic mass is 9.83. The quantitative estimate of drug-likeness (QED) is 0.711. The van der Waals surface area contributed by atoms with E-state index in [2.05, 4.69) is 19.2 Å². The van der Waals surface area contributed by atoms with Crippen LogP contribution in [0.2, 0.25) is 0 Å². The second kappa shape index (κ2) is 4.97. The summed E-state index contributed by atoms with van der Waals surface area (Å²) in [6.45, 7) is 6.78. The standard InChI is InChI=1S/C12H23NO2/c1-9(2)7-12(3,11(14)15)13-8-10-5-4-6-10/h9-10,13H,4-8H2,1-3H3,(H,14,15). The lowest BCUT2D eigenvalue weighted by Crippen LogP contribution is -2.52. The molecule has 1 rings (SSSR count). The largest absolute Gasteiger partial charge is 0.480 e. The molecule has 2 N–H and O–H groups in total. The third-order valence-electron chi connectivity index (χ3n) is 3.29. The third kappa shape index (κ3) is 3.49. The molecule has 0 saturated heterocycles. The van der Waals surface area contributed by atoms with E-state index in [1.54, 1.807) is 6.92 Å². The zero-order valence-corrected chi connectivity index (χ0v) is 10.0. The number of nitrogens with one attached hydrogen (secondary N) is 1. The number of rotatable bonds is 6. The van der Waals surface area contributed by atoms with E-state index in [9.17, 15) is 9.90 Å². The average molecular weight is 213 g/mol. The van der Waals surface area contributed by atoms with Gasteiger partial charge < -0.3 is 10.4 Å². The number of carbonyl (C=O) groups is 1. The Hall–Kier alpha value is -0.570. The summed E-state index contributed by atoms with van der Waals surface area (Å²) in [4.78, 5) is 11.2. The molecule has 0 aromatic carbocycles. The Morgan fingerprint density at radius 1 is 1.53 bits per heavy atom. The van der Waals surface area contributed by atoms with Crippen molar-refractivity contribution in [3.05, 3.63) is 0 Å². The van der Waals surface area contributed by atoms with Crippen LogP contribution in [0.1, 0.15) is 46.5 Å². The van der Waals surface area contributed by atoms with Crippen molar-refractivity contribution >= 4 is 5.97 Å². The molecule has 0 heterocycles. The third-order valence-corrected chi connectivity index (χ3v) is 3.29. The van der Waals surface area contributed by atoms with E-state index >= 15 is 0 Å². The summed E-state index contributed by atoms with van der Waals surface area (Å²) in [6.07, 6.45) is 4.50. The molecule has 0 aromatic rings. The minimum absolute atomic E-state index is 0.403. The maximum atomic E-state index is 11.2. The highest BCUT2D eigenvalue weighted by molar-refractivity contribution is 5.78. The number of hydrogen-bond acceptors (Lipinski definition) is 2. The molecule has 0 spiro atoms. The van der Waals surface area contributed by atoms with Crippen molar-refractivity contribution in [2.75, 3.05) is 6.54 Å². The van der Waals surface area contributed by atoms with Gasteiger partial charge in [-0.1, -0.05) is 20.3 Å². The summed E-state index contributed by atoms with van der Waals surface area (Å²) < 4.78 is 0. The first-order valence-electron chi connectivity index (χ1n) is 5.92. The Kier molecular flexibility index (Phi) is 4.14. The maximum Gasteiger partial charge on any atom is 0.323 e. The molecule has 1 aliphatic carbocycles. The van der Waals surface area contributed by atoms with E-state index in [0.717, 1.165) is 6.54 Å². The second-order valence-corrected chi connectivity index (χ2v) is 5.41. The van der Waals surface area contributed by atoms with E-state index < -0.39 is 11.5 Å². The highest BCUT2D eigenvalue weighted by atomic mass is 16.4. The summed E-state index contributed by atoms with van der Waals surface area (Å²) in [6, 6.07) is 0. The summed E-state index contributed by atoms with van der Waals surface area (Å²) in [5.41, 5.74) is -0.746. The Balaban J connectivity index is 2.43. The lowest BCUT2D eigenvalue weighted by molar-refractivity contribution is -0.145. The van der Waals surface area contributed by atoms with Gasteiger partial charge in [0.2, 0.25) is 0 Å². The monoisotopic (exact) mass is 213 g/mol. The van der Waals surface area contributed by atoms with Crippen LogP contribution in [0.3, 0.4) is 0 Å². The van der Waals surface area contributed by atoms with Crippen LogP contribution < -0.4 is 5.32 Å². The van der Waals surface area contributed by atoms with Gasteiger partial charge in [-0.15, -0.1) is 0 Å².